The molecule has 5 nitrogen and oxygen atoms in total. The van der Waals surface area contributed by atoms with Crippen LogP contribution in [0.15, 0.2) is 24.3 Å². The Balaban J connectivity index is 1.50. The van der Waals surface area contributed by atoms with Crippen LogP contribution >= 0.6 is 0 Å². The summed E-state index contributed by atoms with van der Waals surface area (Å²) in [6, 6.07) is 4.18. The molecule has 1 aromatic carbocycles. The van der Waals surface area contributed by atoms with Gasteiger partial charge in [-0.15, -0.1) is 0 Å². The van der Waals surface area contributed by atoms with Gasteiger partial charge >= 0.3 is 0 Å². The van der Waals surface area contributed by atoms with Crippen LogP contribution in [0.1, 0.15) is 30.9 Å². The Kier molecular flexibility index (Phi) is 3.67. The summed E-state index contributed by atoms with van der Waals surface area (Å²) in [6.07, 6.45) is 15.0. The van der Waals surface area contributed by atoms with Crippen LogP contribution in [0.25, 0.3) is 0 Å². The molecule has 1 aromatic rings. The summed E-state index contributed by atoms with van der Waals surface area (Å²) < 4.78 is 13.2. The highest BCUT2D eigenvalue weighted by molar-refractivity contribution is 5.65. The van der Waals surface area contributed by atoms with Crippen LogP contribution in [0.2, 0.25) is 0 Å². The molecule has 0 aromatic heterocycles. The Morgan fingerprint density at radius 2 is 2.00 bits per heavy atom. The average molecular weight is 433 g/mol. The molecular weight excluding hydrogens is 402 g/mol. The first-order valence-corrected chi connectivity index (χ1v) is 11.7. The zero-order valence-corrected chi connectivity index (χ0v) is 18.8. The van der Waals surface area contributed by atoms with Gasteiger partial charge in [0.25, 0.3) is 0 Å². The van der Waals surface area contributed by atoms with Crippen molar-refractivity contribution in [3.63, 3.8) is 0 Å². The van der Waals surface area contributed by atoms with Crippen molar-refractivity contribution in [2.24, 2.45) is 11.3 Å². The molecule has 2 saturated carbocycles. The number of piperidine rings is 1. The van der Waals surface area contributed by atoms with Gasteiger partial charge in [0.2, 0.25) is 0 Å². The molecule has 0 unspecified atom stereocenters. The van der Waals surface area contributed by atoms with Crippen molar-refractivity contribution in [1.82, 2.24) is 4.90 Å². The summed E-state index contributed by atoms with van der Waals surface area (Å²) in [7, 11) is 3.98. The second kappa shape index (κ2) is 5.92. The fraction of sp³-hybridized carbons (Fsp3) is 0.519. The normalized spacial score (nSPS) is 45.6. The van der Waals surface area contributed by atoms with E-state index in [0.29, 0.717) is 11.8 Å². The molecule has 5 radical (unpaired) electrons. The third-order valence-electron chi connectivity index (χ3n) is 10.00. The van der Waals surface area contributed by atoms with Crippen LogP contribution in [0.3, 0.4) is 0 Å². The van der Waals surface area contributed by atoms with E-state index in [4.69, 9.17) is 9.47 Å². The molecule has 5 aliphatic carbocycles. The monoisotopic (exact) mass is 432 g/mol. The molecule has 2 aliphatic heterocycles. The lowest BCUT2D eigenvalue weighted by Crippen LogP contribution is -2.80. The van der Waals surface area contributed by atoms with Gasteiger partial charge in [0.15, 0.2) is 11.5 Å². The minimum absolute atomic E-state index is 0.182. The number of fused-ring (bicyclic) bond motifs is 1. The Labute approximate surface area is 190 Å². The van der Waals surface area contributed by atoms with Gasteiger partial charge in [0.05, 0.1) is 11.0 Å². The molecular formula is C27H30NO4. The van der Waals surface area contributed by atoms with E-state index in [1.165, 1.54) is 11.1 Å². The summed E-state index contributed by atoms with van der Waals surface area (Å²) in [6.45, 7) is 2.91. The Morgan fingerprint density at radius 1 is 1.22 bits per heavy atom. The third-order valence-corrected chi connectivity index (χ3v) is 10.00. The van der Waals surface area contributed by atoms with Gasteiger partial charge in [-0.2, -0.15) is 0 Å². The maximum atomic E-state index is 12.0. The zero-order chi connectivity index (χ0) is 22.1. The van der Waals surface area contributed by atoms with Crippen molar-refractivity contribution in [2.75, 3.05) is 20.7 Å². The highest BCUT2D eigenvalue weighted by atomic mass is 16.6. The number of benzene rings is 1. The van der Waals surface area contributed by atoms with Crippen LogP contribution in [0, 0.1) is 42.9 Å². The molecule has 3 fully saturated rings. The molecule has 0 amide bonds. The number of aliphatic hydroxyl groups is 1. The Bertz CT molecular complexity index is 1030. The van der Waals surface area contributed by atoms with Crippen LogP contribution in [0.4, 0.5) is 0 Å². The number of likely N-dealkylation sites (tertiary alicyclic amines) is 1. The molecule has 167 valence electrons. The van der Waals surface area contributed by atoms with Gasteiger partial charge in [-0.1, -0.05) is 18.2 Å². The number of ether oxygens (including phenoxy) is 2. The summed E-state index contributed by atoms with van der Waals surface area (Å²) in [5, 5.41) is 22.9. The first kappa shape index (κ1) is 19.9. The van der Waals surface area contributed by atoms with E-state index in [2.05, 4.69) is 30.2 Å². The predicted molar refractivity (Wildman–Crippen MR) is 119 cm³/mol. The van der Waals surface area contributed by atoms with E-state index >= 15 is 0 Å². The molecule has 7 aliphatic rings. The van der Waals surface area contributed by atoms with Gasteiger partial charge in [0, 0.05) is 36.0 Å². The molecule has 1 saturated heterocycles. The number of likely N-dealkylation sites (N-methyl/N-ethyl adjacent to an activating group) is 1. The number of phenols is 1. The summed E-state index contributed by atoms with van der Waals surface area (Å²) in [5.74, 6) is 1.58. The minimum Gasteiger partial charge on any atom is -0.504 e. The number of aromatic hydroxyl groups is 1. The quantitative estimate of drug-likeness (QED) is 0.720. The molecule has 4 bridgehead atoms. The molecule has 2 heterocycles. The maximum absolute atomic E-state index is 12.0. The van der Waals surface area contributed by atoms with E-state index < -0.39 is 11.2 Å². The number of nitrogens with zero attached hydrogens (tertiary/aromatic N) is 1. The number of hydrogen-bond acceptors (Lipinski definition) is 5. The van der Waals surface area contributed by atoms with Crippen LogP contribution in [0.5, 0.6) is 11.5 Å². The van der Waals surface area contributed by atoms with Crippen molar-refractivity contribution in [2.45, 2.75) is 54.9 Å². The van der Waals surface area contributed by atoms with E-state index in [1.54, 1.807) is 13.2 Å². The lowest BCUT2D eigenvalue weighted by molar-refractivity contribution is -0.242. The summed E-state index contributed by atoms with van der Waals surface area (Å²) >= 11 is 0. The fourth-order valence-corrected chi connectivity index (χ4v) is 8.61. The van der Waals surface area contributed by atoms with E-state index in [9.17, 15) is 10.2 Å². The van der Waals surface area contributed by atoms with Crippen molar-refractivity contribution >= 4 is 0 Å². The number of hydrogen-bond donors (Lipinski definition) is 2. The molecule has 7 atom stereocenters. The SMILES string of the molecule is CO[C@@]12C=C[C@@]3(C[C@@H]1[C@](C)(O)[C]1[CH][CH][CH][CH]1)[C@H]1Cc4ccc(O)c5c4[C@@]3(CCN1C)[C@H]2O5. The summed E-state index contributed by atoms with van der Waals surface area (Å²) in [4.78, 5) is 2.50. The van der Waals surface area contributed by atoms with Crippen LogP contribution in [-0.4, -0.2) is 59.2 Å². The lowest BCUT2D eigenvalue weighted by Gasteiger charge is -2.72. The first-order valence-electron chi connectivity index (χ1n) is 11.7. The fourth-order valence-electron chi connectivity index (χ4n) is 8.61. The lowest BCUT2D eigenvalue weighted by atomic mass is 9.35. The molecule has 5 heteroatoms. The Hall–Kier alpha value is -1.56. The first-order chi connectivity index (χ1) is 15.3. The van der Waals surface area contributed by atoms with Gasteiger partial charge in [-0.25, -0.2) is 0 Å². The minimum atomic E-state index is -1.08. The highest BCUT2D eigenvalue weighted by Gasteiger charge is 2.80. The third kappa shape index (κ3) is 1.89. The maximum Gasteiger partial charge on any atom is 0.165 e. The number of phenolic OH excluding ortho intramolecular Hbond substituents is 1. The molecule has 2 spiro atoms. The van der Waals surface area contributed by atoms with Gasteiger partial charge < -0.3 is 24.6 Å². The topological polar surface area (TPSA) is 62.2 Å². The zero-order valence-electron chi connectivity index (χ0n) is 18.8. The predicted octanol–water partition coefficient (Wildman–Crippen LogP) is 2.77. The van der Waals surface area contributed by atoms with Crippen molar-refractivity contribution in [3.8, 4) is 11.5 Å². The van der Waals surface area contributed by atoms with Gasteiger partial charge in [-0.05, 0) is 77.1 Å². The second-order valence-electron chi connectivity index (χ2n) is 10.9. The van der Waals surface area contributed by atoms with E-state index in [1.807, 2.05) is 32.6 Å². The van der Waals surface area contributed by atoms with Crippen LogP contribution in [-0.2, 0) is 16.6 Å². The largest absolute Gasteiger partial charge is 0.504 e. The van der Waals surface area contributed by atoms with Crippen molar-refractivity contribution < 1.29 is 19.7 Å². The summed E-state index contributed by atoms with van der Waals surface area (Å²) in [5.41, 5.74) is 0.181. The van der Waals surface area contributed by atoms with E-state index in [0.717, 1.165) is 31.7 Å². The highest BCUT2D eigenvalue weighted by Crippen LogP contribution is 2.75. The standard InChI is InChI=1S/C27H30NO4/c1-24(30,17-6-4-5-7-17)19-15-25-10-11-27(19,31-3)23-26(25)12-13-28(2)20(25)14-16-8-9-18(29)22(32-23)21(16)26/h4-11,19-20,23,29-30H,12-15H2,1-3H3/t19-,20-,23-,24-,25-,26+,27+/m1/s1. The number of rotatable bonds is 3. The van der Waals surface area contributed by atoms with Gasteiger partial charge in [0.1, 0.15) is 11.7 Å². The average Bonchev–Trinajstić information content (AvgIpc) is 3.45. The molecule has 32 heavy (non-hydrogen) atoms. The van der Waals surface area contributed by atoms with Crippen LogP contribution < -0.4 is 4.74 Å². The number of methoxy groups -OCH3 is 1. The van der Waals surface area contributed by atoms with Crippen molar-refractivity contribution in [3.05, 3.63) is 67.0 Å². The molecule has 2 N–H and O–H groups in total. The molecule has 8 rings (SSSR count). The van der Waals surface area contributed by atoms with Crippen molar-refractivity contribution in [1.29, 1.82) is 0 Å². The second-order valence-corrected chi connectivity index (χ2v) is 10.9. The van der Waals surface area contributed by atoms with E-state index in [-0.39, 0.29) is 28.6 Å². The Morgan fingerprint density at radius 3 is 2.75 bits per heavy atom. The van der Waals surface area contributed by atoms with Gasteiger partial charge in [-0.3, -0.25) is 0 Å². The smallest absolute Gasteiger partial charge is 0.165 e.